The van der Waals surface area contributed by atoms with Gasteiger partial charge in [0.1, 0.15) is 0 Å². The SMILES string of the molecule is CNCC(C)C(=O)Nc1ccc(-c2nnco2)cc1C. The van der Waals surface area contributed by atoms with Gasteiger partial charge in [-0.25, -0.2) is 0 Å². The molecule has 0 saturated carbocycles. The molecule has 1 amide bonds. The number of nitrogens with one attached hydrogen (secondary N) is 2. The van der Waals surface area contributed by atoms with Crippen molar-refractivity contribution in [3.63, 3.8) is 0 Å². The third-order valence-electron chi connectivity index (χ3n) is 3.05. The van der Waals surface area contributed by atoms with Crippen LogP contribution in [-0.2, 0) is 4.79 Å². The quantitative estimate of drug-likeness (QED) is 0.869. The predicted molar refractivity (Wildman–Crippen MR) is 76.2 cm³/mol. The molecule has 0 aliphatic carbocycles. The fraction of sp³-hybridized carbons (Fsp3) is 0.357. The highest BCUT2D eigenvalue weighted by molar-refractivity contribution is 5.93. The van der Waals surface area contributed by atoms with Crippen molar-refractivity contribution in [2.75, 3.05) is 18.9 Å². The minimum atomic E-state index is -0.0879. The Bertz CT molecular complexity index is 581. The molecule has 1 unspecified atom stereocenters. The molecule has 6 heteroatoms. The molecule has 0 bridgehead atoms. The maximum absolute atomic E-state index is 12.0. The van der Waals surface area contributed by atoms with E-state index in [0.717, 1.165) is 16.8 Å². The highest BCUT2D eigenvalue weighted by Gasteiger charge is 2.13. The van der Waals surface area contributed by atoms with Gasteiger partial charge in [0.05, 0.1) is 0 Å². The van der Waals surface area contributed by atoms with Crippen LogP contribution in [0.1, 0.15) is 12.5 Å². The number of amides is 1. The van der Waals surface area contributed by atoms with E-state index in [2.05, 4.69) is 20.8 Å². The lowest BCUT2D eigenvalue weighted by Gasteiger charge is -2.13. The molecule has 106 valence electrons. The normalized spacial score (nSPS) is 12.2. The lowest BCUT2D eigenvalue weighted by Crippen LogP contribution is -2.28. The molecule has 0 radical (unpaired) electrons. The van der Waals surface area contributed by atoms with E-state index >= 15 is 0 Å². The van der Waals surface area contributed by atoms with Gasteiger partial charge in [0.15, 0.2) is 0 Å². The van der Waals surface area contributed by atoms with Crippen LogP contribution in [0.3, 0.4) is 0 Å². The number of hydrogen-bond acceptors (Lipinski definition) is 5. The molecule has 2 N–H and O–H groups in total. The third-order valence-corrected chi connectivity index (χ3v) is 3.05. The number of nitrogens with zero attached hydrogens (tertiary/aromatic N) is 2. The Labute approximate surface area is 117 Å². The summed E-state index contributed by atoms with van der Waals surface area (Å²) < 4.78 is 5.15. The van der Waals surface area contributed by atoms with Crippen LogP contribution in [0.25, 0.3) is 11.5 Å². The molecule has 6 nitrogen and oxygen atoms in total. The number of aromatic nitrogens is 2. The standard InChI is InChI=1S/C14H18N4O2/c1-9-6-11(14-18-16-8-20-14)4-5-12(9)17-13(19)10(2)7-15-3/h4-6,8,10,15H,7H2,1-3H3,(H,17,19). The van der Waals surface area contributed by atoms with E-state index in [1.165, 1.54) is 6.39 Å². The van der Waals surface area contributed by atoms with Crippen LogP contribution in [0.5, 0.6) is 0 Å². The van der Waals surface area contributed by atoms with Crippen molar-refractivity contribution < 1.29 is 9.21 Å². The molecular formula is C14H18N4O2. The van der Waals surface area contributed by atoms with Gasteiger partial charge in [-0.15, -0.1) is 10.2 Å². The van der Waals surface area contributed by atoms with E-state index in [-0.39, 0.29) is 11.8 Å². The van der Waals surface area contributed by atoms with Crippen molar-refractivity contribution >= 4 is 11.6 Å². The van der Waals surface area contributed by atoms with Crippen LogP contribution in [0.4, 0.5) is 5.69 Å². The fourth-order valence-corrected chi connectivity index (χ4v) is 1.89. The summed E-state index contributed by atoms with van der Waals surface area (Å²) in [7, 11) is 1.83. The van der Waals surface area contributed by atoms with Gasteiger partial charge < -0.3 is 15.1 Å². The van der Waals surface area contributed by atoms with Gasteiger partial charge in [-0.2, -0.15) is 0 Å². The molecule has 1 aromatic heterocycles. The molecule has 1 heterocycles. The first-order chi connectivity index (χ1) is 9.61. The molecule has 0 aliphatic rings. The molecule has 0 fully saturated rings. The van der Waals surface area contributed by atoms with Gasteiger partial charge in [0.25, 0.3) is 0 Å². The first kappa shape index (κ1) is 14.2. The number of anilines is 1. The summed E-state index contributed by atoms with van der Waals surface area (Å²) in [6, 6.07) is 5.60. The zero-order chi connectivity index (χ0) is 14.5. The van der Waals surface area contributed by atoms with Crippen LogP contribution < -0.4 is 10.6 Å². The topological polar surface area (TPSA) is 80.0 Å². The van der Waals surface area contributed by atoms with E-state index in [9.17, 15) is 4.79 Å². The molecule has 1 aromatic carbocycles. The van der Waals surface area contributed by atoms with Crippen LogP contribution in [0.2, 0.25) is 0 Å². The Balaban J connectivity index is 2.12. The number of carbonyl (C=O) groups excluding carboxylic acids is 1. The van der Waals surface area contributed by atoms with Crippen molar-refractivity contribution in [1.82, 2.24) is 15.5 Å². The average molecular weight is 274 g/mol. The van der Waals surface area contributed by atoms with E-state index in [4.69, 9.17) is 4.42 Å². The number of carbonyl (C=O) groups is 1. The lowest BCUT2D eigenvalue weighted by atomic mass is 10.1. The largest absolute Gasteiger partial charge is 0.423 e. The maximum atomic E-state index is 12.0. The first-order valence-electron chi connectivity index (χ1n) is 6.44. The van der Waals surface area contributed by atoms with Crippen molar-refractivity contribution in [2.24, 2.45) is 5.92 Å². The van der Waals surface area contributed by atoms with Crippen molar-refractivity contribution in [2.45, 2.75) is 13.8 Å². The average Bonchev–Trinajstić information content (AvgIpc) is 2.95. The molecule has 0 spiro atoms. The third kappa shape index (κ3) is 3.21. The Morgan fingerprint density at radius 3 is 2.85 bits per heavy atom. The molecule has 0 aliphatic heterocycles. The fourth-order valence-electron chi connectivity index (χ4n) is 1.89. The van der Waals surface area contributed by atoms with Crippen LogP contribution in [0, 0.1) is 12.8 Å². The Morgan fingerprint density at radius 1 is 1.45 bits per heavy atom. The predicted octanol–water partition coefficient (Wildman–Crippen LogP) is 1.84. The monoisotopic (exact) mass is 274 g/mol. The smallest absolute Gasteiger partial charge is 0.247 e. The van der Waals surface area contributed by atoms with E-state index in [1.54, 1.807) is 0 Å². The maximum Gasteiger partial charge on any atom is 0.247 e. The molecule has 2 aromatic rings. The minimum absolute atomic E-state index is 0.00649. The van der Waals surface area contributed by atoms with Crippen molar-refractivity contribution in [3.8, 4) is 11.5 Å². The summed E-state index contributed by atoms with van der Waals surface area (Å²) in [5.41, 5.74) is 2.58. The van der Waals surface area contributed by atoms with Gasteiger partial charge in [-0.1, -0.05) is 6.92 Å². The second-order valence-corrected chi connectivity index (χ2v) is 4.72. The number of rotatable bonds is 5. The van der Waals surface area contributed by atoms with Gasteiger partial charge in [0, 0.05) is 23.7 Å². The minimum Gasteiger partial charge on any atom is -0.423 e. The van der Waals surface area contributed by atoms with Crippen LogP contribution >= 0.6 is 0 Å². The highest BCUT2D eigenvalue weighted by atomic mass is 16.4. The number of benzene rings is 1. The molecule has 2 rings (SSSR count). The second kappa shape index (κ2) is 6.29. The molecular weight excluding hydrogens is 256 g/mol. The summed E-state index contributed by atoms with van der Waals surface area (Å²) in [6.45, 7) is 4.46. The molecule has 1 atom stereocenters. The van der Waals surface area contributed by atoms with Gasteiger partial charge >= 0.3 is 0 Å². The Kier molecular flexibility index (Phi) is 4.47. The van der Waals surface area contributed by atoms with Crippen LogP contribution in [-0.4, -0.2) is 29.7 Å². The zero-order valence-corrected chi connectivity index (χ0v) is 11.8. The van der Waals surface area contributed by atoms with Gasteiger partial charge in [-0.05, 0) is 37.7 Å². The second-order valence-electron chi connectivity index (χ2n) is 4.72. The summed E-state index contributed by atoms with van der Waals surface area (Å²) in [6.07, 6.45) is 1.29. The Morgan fingerprint density at radius 2 is 2.25 bits per heavy atom. The lowest BCUT2D eigenvalue weighted by molar-refractivity contribution is -0.119. The van der Waals surface area contributed by atoms with Gasteiger partial charge in [0.2, 0.25) is 18.2 Å². The molecule has 20 heavy (non-hydrogen) atoms. The first-order valence-corrected chi connectivity index (χ1v) is 6.44. The van der Waals surface area contributed by atoms with Gasteiger partial charge in [-0.3, -0.25) is 4.79 Å². The Hall–Kier alpha value is -2.21. The van der Waals surface area contributed by atoms with E-state index < -0.39 is 0 Å². The van der Waals surface area contributed by atoms with Crippen molar-refractivity contribution in [3.05, 3.63) is 30.2 Å². The zero-order valence-electron chi connectivity index (χ0n) is 11.8. The van der Waals surface area contributed by atoms with Crippen LogP contribution in [0.15, 0.2) is 29.0 Å². The van der Waals surface area contributed by atoms with Crippen molar-refractivity contribution in [1.29, 1.82) is 0 Å². The summed E-state index contributed by atoms with van der Waals surface area (Å²) >= 11 is 0. The number of aryl methyl sites for hydroxylation is 1. The van der Waals surface area contributed by atoms with E-state index in [0.29, 0.717) is 12.4 Å². The number of hydrogen-bond donors (Lipinski definition) is 2. The highest BCUT2D eigenvalue weighted by Crippen LogP contribution is 2.23. The molecule has 0 saturated heterocycles. The summed E-state index contributed by atoms with van der Waals surface area (Å²) in [4.78, 5) is 12.0. The summed E-state index contributed by atoms with van der Waals surface area (Å²) in [5, 5.41) is 13.4. The summed E-state index contributed by atoms with van der Waals surface area (Å²) in [5.74, 6) is 0.373. The van der Waals surface area contributed by atoms with E-state index in [1.807, 2.05) is 39.1 Å².